The van der Waals surface area contributed by atoms with Crippen LogP contribution in [0.4, 0.5) is 0 Å². The van der Waals surface area contributed by atoms with Crippen LogP contribution in [-0.2, 0) is 28.1 Å². The van der Waals surface area contributed by atoms with Gasteiger partial charge < -0.3 is 0 Å². The van der Waals surface area contributed by atoms with Crippen LogP contribution in [0.1, 0.15) is 33.1 Å². The molecule has 0 saturated heterocycles. The van der Waals surface area contributed by atoms with Gasteiger partial charge in [-0.3, -0.25) is 0 Å². The van der Waals surface area contributed by atoms with Crippen LogP contribution in [0.5, 0.6) is 0 Å². The number of hydrogen-bond donors (Lipinski definition) is 0. The van der Waals surface area contributed by atoms with Crippen LogP contribution < -0.4 is 0 Å². The average molecular weight is 373 g/mol. The van der Waals surface area contributed by atoms with Crippen molar-refractivity contribution in [3.8, 4) is 0 Å². The van der Waals surface area contributed by atoms with E-state index in [1.165, 1.54) is 6.42 Å². The van der Waals surface area contributed by atoms with Gasteiger partial charge in [-0.1, -0.05) is 0 Å². The van der Waals surface area contributed by atoms with E-state index < -0.39 is 23.3 Å². The van der Waals surface area contributed by atoms with Crippen molar-refractivity contribution in [1.29, 1.82) is 0 Å². The summed E-state index contributed by atoms with van der Waals surface area (Å²) in [6, 6.07) is 0. The number of hydrogen-bond acceptors (Lipinski definition) is 1. The first-order valence-corrected chi connectivity index (χ1v) is 14.2. The number of ketones is 1. The maximum atomic E-state index is 11.8. The van der Waals surface area contributed by atoms with Crippen LogP contribution in [0.15, 0.2) is 0 Å². The van der Waals surface area contributed by atoms with Crippen LogP contribution in [-0.4, -0.2) is 5.78 Å². The molecule has 12 heavy (non-hydrogen) atoms. The van der Waals surface area contributed by atoms with E-state index in [-0.39, 0.29) is 8.34 Å². The molecule has 0 radical (unpaired) electrons. The number of fused-ring (bicyclic) bond motifs is 2. The van der Waals surface area contributed by atoms with Gasteiger partial charge in [0.25, 0.3) is 0 Å². The molecule has 2 rings (SSSR count). The SMILES string of the molecule is CC1(C)C2CC[C]1([Hg][Cl])C(=O)C2. The van der Waals surface area contributed by atoms with E-state index in [4.69, 9.17) is 8.25 Å². The second kappa shape index (κ2) is 2.69. The molecule has 0 heterocycles. The van der Waals surface area contributed by atoms with Gasteiger partial charge in [0.2, 0.25) is 0 Å². The van der Waals surface area contributed by atoms with Crippen LogP contribution in [0.3, 0.4) is 0 Å². The average Bonchev–Trinajstić information content (AvgIpc) is 2.36. The monoisotopic (exact) mass is 374 g/mol. The van der Waals surface area contributed by atoms with E-state index in [1.54, 1.807) is 0 Å². The van der Waals surface area contributed by atoms with Crippen LogP contribution in [0.25, 0.3) is 0 Å². The Kier molecular flexibility index (Phi) is 2.12. The third-order valence-corrected chi connectivity index (χ3v) is 16.6. The molecule has 2 fully saturated rings. The number of rotatable bonds is 1. The zero-order valence-electron chi connectivity index (χ0n) is 7.69. The summed E-state index contributed by atoms with van der Waals surface area (Å²) >= 11 is -1.44. The number of carbonyl (C=O) groups is 1. The third kappa shape index (κ3) is 0.876. The van der Waals surface area contributed by atoms with Gasteiger partial charge in [-0.05, 0) is 0 Å². The third-order valence-electron chi connectivity index (χ3n) is 4.37. The van der Waals surface area contributed by atoms with Crippen molar-refractivity contribution >= 4 is 14.0 Å². The zero-order chi connectivity index (χ0) is 8.98. The van der Waals surface area contributed by atoms with E-state index in [1.807, 2.05) is 0 Å². The summed E-state index contributed by atoms with van der Waals surface area (Å²) in [5, 5.41) is 0. The van der Waals surface area contributed by atoms with Gasteiger partial charge >= 0.3 is 89.5 Å². The van der Waals surface area contributed by atoms with Gasteiger partial charge in [-0.15, -0.1) is 0 Å². The number of Topliss-reactive ketones (excluding diaryl/α,β-unsaturated/α-hetero) is 1. The Bertz CT molecular complexity index is 239. The Morgan fingerprint density at radius 1 is 1.58 bits per heavy atom. The van der Waals surface area contributed by atoms with Gasteiger partial charge in [0.05, 0.1) is 0 Å². The van der Waals surface area contributed by atoms with E-state index in [0.717, 1.165) is 12.8 Å². The molecule has 2 saturated carbocycles. The zero-order valence-corrected chi connectivity index (χ0v) is 13.9. The Morgan fingerprint density at radius 2 is 2.25 bits per heavy atom. The fourth-order valence-corrected chi connectivity index (χ4v) is 13.5. The number of halogens is 1. The molecule has 1 nitrogen and oxygen atoms in total. The normalized spacial score (nSPS) is 43.2. The Hall–Kier alpha value is 0.895. The summed E-state index contributed by atoms with van der Waals surface area (Å²) in [6.07, 6.45) is 3.21. The quantitative estimate of drug-likeness (QED) is 0.646. The van der Waals surface area contributed by atoms with E-state index in [9.17, 15) is 4.79 Å². The van der Waals surface area contributed by atoms with Gasteiger partial charge in [0.1, 0.15) is 0 Å². The molecule has 2 bridgehead atoms. The topological polar surface area (TPSA) is 17.1 Å². The number of carbonyl (C=O) groups excluding carboxylic acids is 1. The molecule has 2 atom stereocenters. The molecule has 0 amide bonds. The van der Waals surface area contributed by atoms with Crippen molar-refractivity contribution in [3.05, 3.63) is 0 Å². The molecule has 3 heteroatoms. The van der Waals surface area contributed by atoms with Crippen molar-refractivity contribution in [3.63, 3.8) is 0 Å². The van der Waals surface area contributed by atoms with E-state index in [2.05, 4.69) is 13.8 Å². The van der Waals surface area contributed by atoms with E-state index >= 15 is 0 Å². The van der Waals surface area contributed by atoms with Crippen LogP contribution in [0.2, 0.25) is 2.92 Å². The van der Waals surface area contributed by atoms with Crippen LogP contribution in [0, 0.1) is 11.3 Å². The first-order chi connectivity index (χ1) is 5.54. The Labute approximate surface area is 89.1 Å². The summed E-state index contributed by atoms with van der Waals surface area (Å²) in [5.74, 6) is 1.17. The molecule has 2 unspecified atom stereocenters. The van der Waals surface area contributed by atoms with E-state index in [0.29, 0.717) is 11.7 Å². The molecule has 2 aliphatic carbocycles. The summed E-state index contributed by atoms with van der Waals surface area (Å²) in [6.45, 7) is 4.52. The molecular formula is C9H13ClHgO. The summed E-state index contributed by atoms with van der Waals surface area (Å²) in [5.41, 5.74) is 0.257. The standard InChI is InChI=1S/C9H13O.ClH.Hg/c1-9(2)6-3-4-7(9)8(10)5-6;;/h6H,3-5H2,1-2H3;1H;/q;;+1/p-1. The molecule has 64 valence electrons. The maximum absolute atomic E-state index is 11.8. The summed E-state index contributed by atoms with van der Waals surface area (Å²) < 4.78 is 0.0548. The molecule has 0 aliphatic heterocycles. The Balaban J connectivity index is 2.46. The minimum atomic E-state index is -1.44. The molecule has 0 aromatic heterocycles. The van der Waals surface area contributed by atoms with Gasteiger partial charge in [-0.25, -0.2) is 0 Å². The predicted molar refractivity (Wildman–Crippen MR) is 44.7 cm³/mol. The van der Waals surface area contributed by atoms with Crippen molar-refractivity contribution in [1.82, 2.24) is 0 Å². The molecule has 0 spiro atoms. The second-order valence-electron chi connectivity index (χ2n) is 4.80. The molecule has 0 aromatic carbocycles. The summed E-state index contributed by atoms with van der Waals surface area (Å²) in [7, 11) is 6.17. The predicted octanol–water partition coefficient (Wildman–Crippen LogP) is 2.79. The first-order valence-electron chi connectivity index (χ1n) is 4.64. The fourth-order valence-electron chi connectivity index (χ4n) is 3.08. The van der Waals surface area contributed by atoms with Crippen molar-refractivity contribution in [2.24, 2.45) is 11.3 Å². The van der Waals surface area contributed by atoms with Gasteiger partial charge in [-0.2, -0.15) is 0 Å². The van der Waals surface area contributed by atoms with Crippen molar-refractivity contribution in [2.75, 3.05) is 0 Å². The minimum absolute atomic E-state index is 0.0548. The molecule has 0 N–H and O–H groups in total. The fraction of sp³-hybridized carbons (Fsp3) is 0.889. The second-order valence-corrected chi connectivity index (χ2v) is 12.9. The molecular weight excluding hydrogens is 360 g/mol. The molecule has 0 aromatic rings. The molecule has 2 aliphatic rings. The first kappa shape index (κ1) is 9.45. The van der Waals surface area contributed by atoms with Crippen molar-refractivity contribution in [2.45, 2.75) is 36.0 Å². The van der Waals surface area contributed by atoms with Crippen LogP contribution >= 0.6 is 8.25 Å². The Morgan fingerprint density at radius 3 is 2.50 bits per heavy atom. The summed E-state index contributed by atoms with van der Waals surface area (Å²) in [4.78, 5) is 11.8. The van der Waals surface area contributed by atoms with Crippen molar-refractivity contribution < 1.29 is 28.1 Å². The van der Waals surface area contributed by atoms with Gasteiger partial charge in [0, 0.05) is 0 Å². The van der Waals surface area contributed by atoms with Gasteiger partial charge in [0.15, 0.2) is 0 Å².